The SMILES string of the molecule is CC(COc1ccc(CC(N)=S)cc1)C(N)=O. The topological polar surface area (TPSA) is 78.3 Å². The molecule has 1 amide bonds. The molecule has 92 valence electrons. The van der Waals surface area contributed by atoms with E-state index in [1.807, 2.05) is 24.3 Å². The monoisotopic (exact) mass is 252 g/mol. The molecule has 0 saturated heterocycles. The largest absolute Gasteiger partial charge is 0.493 e. The van der Waals surface area contributed by atoms with Crippen molar-refractivity contribution in [1.82, 2.24) is 0 Å². The third-order valence-electron chi connectivity index (χ3n) is 2.29. The van der Waals surface area contributed by atoms with Crippen LogP contribution in [-0.4, -0.2) is 17.5 Å². The Labute approximate surface area is 106 Å². The molecule has 0 saturated carbocycles. The fraction of sp³-hybridized carbons (Fsp3) is 0.333. The van der Waals surface area contributed by atoms with Gasteiger partial charge in [0.15, 0.2) is 0 Å². The van der Waals surface area contributed by atoms with Crippen LogP contribution < -0.4 is 16.2 Å². The molecular formula is C12H16N2O2S. The number of hydrogen-bond donors (Lipinski definition) is 2. The van der Waals surface area contributed by atoms with Gasteiger partial charge in [-0.25, -0.2) is 0 Å². The molecule has 1 rings (SSSR count). The quantitative estimate of drug-likeness (QED) is 0.741. The average Bonchev–Trinajstić information content (AvgIpc) is 2.26. The molecule has 0 aliphatic rings. The van der Waals surface area contributed by atoms with Gasteiger partial charge < -0.3 is 16.2 Å². The maximum atomic E-state index is 10.8. The fourth-order valence-corrected chi connectivity index (χ4v) is 1.37. The number of thiocarbonyl (C=S) groups is 1. The van der Waals surface area contributed by atoms with Gasteiger partial charge in [0.05, 0.1) is 17.5 Å². The van der Waals surface area contributed by atoms with Crippen molar-refractivity contribution >= 4 is 23.1 Å². The Morgan fingerprint density at radius 2 is 1.94 bits per heavy atom. The standard InChI is InChI=1S/C12H16N2O2S/c1-8(12(14)15)7-16-10-4-2-9(3-5-10)6-11(13)17/h2-5,8H,6-7H2,1H3,(H2,13,17)(H2,14,15). The zero-order valence-corrected chi connectivity index (χ0v) is 10.5. The Hall–Kier alpha value is -1.62. The van der Waals surface area contributed by atoms with Crippen molar-refractivity contribution in [3.8, 4) is 5.75 Å². The number of carbonyl (C=O) groups is 1. The zero-order chi connectivity index (χ0) is 12.8. The van der Waals surface area contributed by atoms with Crippen LogP contribution in [0.4, 0.5) is 0 Å². The zero-order valence-electron chi connectivity index (χ0n) is 9.68. The van der Waals surface area contributed by atoms with Crippen LogP contribution >= 0.6 is 12.2 Å². The van der Waals surface area contributed by atoms with E-state index < -0.39 is 0 Å². The molecule has 0 spiro atoms. The normalized spacial score (nSPS) is 11.8. The summed E-state index contributed by atoms with van der Waals surface area (Å²) in [6.07, 6.45) is 0.577. The first kappa shape index (κ1) is 13.4. The minimum Gasteiger partial charge on any atom is -0.493 e. The third-order valence-corrected chi connectivity index (χ3v) is 2.43. The van der Waals surface area contributed by atoms with Crippen molar-refractivity contribution in [3.63, 3.8) is 0 Å². The van der Waals surface area contributed by atoms with Gasteiger partial charge in [-0.1, -0.05) is 31.3 Å². The summed E-state index contributed by atoms with van der Waals surface area (Å²) in [5.74, 6) is 0.0335. The summed E-state index contributed by atoms with van der Waals surface area (Å²) in [5.41, 5.74) is 11.6. The summed E-state index contributed by atoms with van der Waals surface area (Å²) in [4.78, 5) is 11.3. The Balaban J connectivity index is 2.51. The summed E-state index contributed by atoms with van der Waals surface area (Å²) >= 11 is 4.82. The highest BCUT2D eigenvalue weighted by Crippen LogP contribution is 2.13. The summed E-state index contributed by atoms with van der Waals surface area (Å²) in [6, 6.07) is 7.43. The summed E-state index contributed by atoms with van der Waals surface area (Å²) in [6.45, 7) is 2.01. The number of ether oxygens (including phenoxy) is 1. The van der Waals surface area contributed by atoms with E-state index in [9.17, 15) is 4.79 Å². The van der Waals surface area contributed by atoms with Gasteiger partial charge >= 0.3 is 0 Å². The lowest BCUT2D eigenvalue weighted by molar-refractivity contribution is -0.122. The number of rotatable bonds is 6. The third kappa shape index (κ3) is 4.82. The number of nitrogens with two attached hydrogens (primary N) is 2. The Kier molecular flexibility index (Phi) is 4.90. The molecular weight excluding hydrogens is 236 g/mol. The molecule has 0 bridgehead atoms. The lowest BCUT2D eigenvalue weighted by Gasteiger charge is -2.10. The van der Waals surface area contributed by atoms with Crippen LogP contribution in [0.15, 0.2) is 24.3 Å². The van der Waals surface area contributed by atoms with E-state index in [0.717, 1.165) is 5.56 Å². The molecule has 0 aliphatic carbocycles. The minimum absolute atomic E-state index is 0.282. The Morgan fingerprint density at radius 3 is 2.41 bits per heavy atom. The fourth-order valence-electron chi connectivity index (χ4n) is 1.21. The van der Waals surface area contributed by atoms with E-state index in [1.165, 1.54) is 0 Å². The van der Waals surface area contributed by atoms with Crippen molar-refractivity contribution in [2.75, 3.05) is 6.61 Å². The second-order valence-corrected chi connectivity index (χ2v) is 4.43. The highest BCUT2D eigenvalue weighted by Gasteiger charge is 2.09. The van der Waals surface area contributed by atoms with Gasteiger partial charge in [0.25, 0.3) is 0 Å². The van der Waals surface area contributed by atoms with Gasteiger partial charge in [-0.2, -0.15) is 0 Å². The van der Waals surface area contributed by atoms with Crippen molar-refractivity contribution in [1.29, 1.82) is 0 Å². The molecule has 17 heavy (non-hydrogen) atoms. The van der Waals surface area contributed by atoms with Crippen LogP contribution in [0.2, 0.25) is 0 Å². The van der Waals surface area contributed by atoms with Crippen molar-refractivity contribution < 1.29 is 9.53 Å². The van der Waals surface area contributed by atoms with E-state index in [1.54, 1.807) is 6.92 Å². The van der Waals surface area contributed by atoms with Crippen LogP contribution in [0.3, 0.4) is 0 Å². The van der Waals surface area contributed by atoms with E-state index in [2.05, 4.69) is 0 Å². The molecule has 0 aliphatic heterocycles. The summed E-state index contributed by atoms with van der Waals surface area (Å²) in [5, 5.41) is 0. The first-order chi connectivity index (χ1) is 7.99. The smallest absolute Gasteiger partial charge is 0.223 e. The van der Waals surface area contributed by atoms with Crippen LogP contribution in [0.1, 0.15) is 12.5 Å². The molecule has 1 aromatic carbocycles. The van der Waals surface area contributed by atoms with Gasteiger partial charge in [-0.15, -0.1) is 0 Å². The van der Waals surface area contributed by atoms with E-state index >= 15 is 0 Å². The molecule has 0 fully saturated rings. The number of amides is 1. The molecule has 0 radical (unpaired) electrons. The Bertz CT molecular complexity index is 403. The van der Waals surface area contributed by atoms with E-state index in [-0.39, 0.29) is 18.4 Å². The minimum atomic E-state index is -0.366. The van der Waals surface area contributed by atoms with Crippen LogP contribution in [0.5, 0.6) is 5.75 Å². The van der Waals surface area contributed by atoms with Crippen molar-refractivity contribution in [2.45, 2.75) is 13.3 Å². The van der Waals surface area contributed by atoms with Crippen LogP contribution in [0.25, 0.3) is 0 Å². The predicted octanol–water partition coefficient (Wildman–Crippen LogP) is 1.02. The van der Waals surface area contributed by atoms with Gasteiger partial charge in [-0.3, -0.25) is 4.79 Å². The van der Waals surface area contributed by atoms with Gasteiger partial charge in [0.1, 0.15) is 5.75 Å². The maximum absolute atomic E-state index is 10.8. The molecule has 1 unspecified atom stereocenters. The molecule has 1 aromatic rings. The molecule has 0 heterocycles. The maximum Gasteiger partial charge on any atom is 0.223 e. The molecule has 0 aromatic heterocycles. The second kappa shape index (κ2) is 6.20. The van der Waals surface area contributed by atoms with Crippen LogP contribution in [-0.2, 0) is 11.2 Å². The van der Waals surface area contributed by atoms with E-state index in [0.29, 0.717) is 17.2 Å². The van der Waals surface area contributed by atoms with Crippen LogP contribution in [0, 0.1) is 5.92 Å². The first-order valence-corrected chi connectivity index (χ1v) is 5.69. The highest BCUT2D eigenvalue weighted by atomic mass is 32.1. The number of benzene rings is 1. The Morgan fingerprint density at radius 1 is 1.35 bits per heavy atom. The second-order valence-electron chi connectivity index (χ2n) is 3.90. The van der Waals surface area contributed by atoms with Crippen molar-refractivity contribution in [3.05, 3.63) is 29.8 Å². The summed E-state index contributed by atoms with van der Waals surface area (Å²) in [7, 11) is 0. The number of carbonyl (C=O) groups excluding carboxylic acids is 1. The number of primary amides is 1. The lowest BCUT2D eigenvalue weighted by Crippen LogP contribution is -2.25. The van der Waals surface area contributed by atoms with Crippen molar-refractivity contribution in [2.24, 2.45) is 17.4 Å². The molecule has 1 atom stereocenters. The van der Waals surface area contributed by atoms with Gasteiger partial charge in [-0.05, 0) is 17.7 Å². The molecule has 5 heteroatoms. The van der Waals surface area contributed by atoms with Gasteiger partial charge in [0.2, 0.25) is 5.91 Å². The molecule has 4 nitrogen and oxygen atoms in total. The number of hydrogen-bond acceptors (Lipinski definition) is 3. The van der Waals surface area contributed by atoms with Gasteiger partial charge in [0, 0.05) is 6.42 Å². The lowest BCUT2D eigenvalue weighted by atomic mass is 10.1. The first-order valence-electron chi connectivity index (χ1n) is 5.28. The van der Waals surface area contributed by atoms with E-state index in [4.69, 9.17) is 28.4 Å². The molecule has 4 N–H and O–H groups in total. The highest BCUT2D eigenvalue weighted by molar-refractivity contribution is 7.80. The average molecular weight is 252 g/mol. The summed E-state index contributed by atoms with van der Waals surface area (Å²) < 4.78 is 5.42. The predicted molar refractivity (Wildman–Crippen MR) is 70.8 cm³/mol.